The van der Waals surface area contributed by atoms with Gasteiger partial charge in [0.2, 0.25) is 0 Å². The molecule has 2 N–H and O–H groups in total. The highest BCUT2D eigenvalue weighted by Gasteiger charge is 2.24. The van der Waals surface area contributed by atoms with E-state index in [2.05, 4.69) is 44.3 Å². The van der Waals surface area contributed by atoms with Gasteiger partial charge in [0.25, 0.3) is 0 Å². The smallest absolute Gasteiger partial charge is 0.0883 e. The molecule has 1 aromatic carbocycles. The first-order chi connectivity index (χ1) is 7.47. The molecule has 16 heavy (non-hydrogen) atoms. The Hall–Kier alpha value is -0.860. The van der Waals surface area contributed by atoms with Crippen LogP contribution in [0.2, 0.25) is 0 Å². The van der Waals surface area contributed by atoms with E-state index in [1.807, 2.05) is 6.92 Å². The van der Waals surface area contributed by atoms with Gasteiger partial charge in [-0.3, -0.25) is 0 Å². The highest BCUT2D eigenvalue weighted by Crippen LogP contribution is 2.27. The van der Waals surface area contributed by atoms with Crippen molar-refractivity contribution in [1.82, 2.24) is 5.32 Å². The molecule has 2 heteroatoms. The van der Waals surface area contributed by atoms with Crippen LogP contribution in [-0.4, -0.2) is 18.2 Å². The molecule has 1 unspecified atom stereocenters. The first-order valence-electron chi connectivity index (χ1n) is 5.98. The van der Waals surface area contributed by atoms with Crippen molar-refractivity contribution < 1.29 is 5.11 Å². The van der Waals surface area contributed by atoms with E-state index in [1.165, 1.54) is 5.56 Å². The molecule has 1 rings (SSSR count). The fourth-order valence-corrected chi connectivity index (χ4v) is 1.96. The second kappa shape index (κ2) is 5.46. The molecule has 0 saturated heterocycles. The molecular formula is C14H23NO. The molecule has 2 nitrogen and oxygen atoms in total. The zero-order valence-corrected chi connectivity index (χ0v) is 10.8. The van der Waals surface area contributed by atoms with Crippen LogP contribution < -0.4 is 5.32 Å². The number of nitrogens with one attached hydrogen (secondary N) is 1. The molecule has 0 fully saturated rings. The van der Waals surface area contributed by atoms with Gasteiger partial charge < -0.3 is 10.4 Å². The molecule has 90 valence electrons. The maximum Gasteiger partial charge on any atom is 0.0883 e. The molecule has 1 atom stereocenters. The fraction of sp³-hybridized carbons (Fsp3) is 0.571. The lowest BCUT2D eigenvalue weighted by Crippen LogP contribution is -2.28. The Bertz CT molecular complexity index is 345. The standard InChI is InChI=1S/C14H23NO/c1-5-15-9-8-14(4,16)13-10-11(2)6-7-12(13)3/h6-7,10,15-16H,5,8-9H2,1-4H3. The number of hydrogen-bond acceptors (Lipinski definition) is 2. The topological polar surface area (TPSA) is 32.3 Å². The lowest BCUT2D eigenvalue weighted by Gasteiger charge is -2.26. The van der Waals surface area contributed by atoms with E-state index in [0.29, 0.717) is 0 Å². The summed E-state index contributed by atoms with van der Waals surface area (Å²) >= 11 is 0. The summed E-state index contributed by atoms with van der Waals surface area (Å²) in [5.74, 6) is 0. The maximum absolute atomic E-state index is 10.5. The molecule has 0 heterocycles. The van der Waals surface area contributed by atoms with Crippen molar-refractivity contribution in [2.24, 2.45) is 0 Å². The van der Waals surface area contributed by atoms with Crippen LogP contribution in [0.15, 0.2) is 18.2 Å². The Labute approximate surface area is 98.7 Å². The molecular weight excluding hydrogens is 198 g/mol. The molecule has 0 saturated carbocycles. The van der Waals surface area contributed by atoms with Gasteiger partial charge in [0.15, 0.2) is 0 Å². The van der Waals surface area contributed by atoms with Crippen molar-refractivity contribution in [3.8, 4) is 0 Å². The third kappa shape index (κ3) is 3.32. The van der Waals surface area contributed by atoms with E-state index in [0.717, 1.165) is 30.6 Å². The molecule has 0 aliphatic heterocycles. The van der Waals surface area contributed by atoms with Gasteiger partial charge in [0, 0.05) is 0 Å². The summed E-state index contributed by atoms with van der Waals surface area (Å²) in [6.45, 7) is 9.87. The van der Waals surface area contributed by atoms with Gasteiger partial charge in [-0.25, -0.2) is 0 Å². The predicted molar refractivity (Wildman–Crippen MR) is 68.6 cm³/mol. The van der Waals surface area contributed by atoms with Crippen molar-refractivity contribution in [3.05, 3.63) is 34.9 Å². The zero-order valence-electron chi connectivity index (χ0n) is 10.8. The fourth-order valence-electron chi connectivity index (χ4n) is 1.96. The van der Waals surface area contributed by atoms with Gasteiger partial charge in [-0.05, 0) is 51.4 Å². The second-order valence-corrected chi connectivity index (χ2v) is 4.70. The molecule has 0 radical (unpaired) electrons. The lowest BCUT2D eigenvalue weighted by atomic mass is 9.88. The molecule has 0 bridgehead atoms. The average Bonchev–Trinajstić information content (AvgIpc) is 2.22. The first-order valence-corrected chi connectivity index (χ1v) is 5.98. The number of aliphatic hydroxyl groups is 1. The van der Waals surface area contributed by atoms with Gasteiger partial charge in [-0.1, -0.05) is 30.7 Å². The van der Waals surface area contributed by atoms with Crippen molar-refractivity contribution >= 4 is 0 Å². The Morgan fingerprint density at radius 1 is 1.31 bits per heavy atom. The van der Waals surface area contributed by atoms with E-state index in [9.17, 15) is 5.11 Å². The van der Waals surface area contributed by atoms with Crippen LogP contribution in [0.4, 0.5) is 0 Å². The third-order valence-corrected chi connectivity index (χ3v) is 3.01. The highest BCUT2D eigenvalue weighted by atomic mass is 16.3. The van der Waals surface area contributed by atoms with Crippen LogP contribution in [0.1, 0.15) is 37.0 Å². The monoisotopic (exact) mass is 221 g/mol. The largest absolute Gasteiger partial charge is 0.385 e. The first kappa shape index (κ1) is 13.2. The molecule has 0 spiro atoms. The second-order valence-electron chi connectivity index (χ2n) is 4.70. The Morgan fingerprint density at radius 2 is 2.00 bits per heavy atom. The number of hydrogen-bond donors (Lipinski definition) is 2. The normalized spacial score (nSPS) is 14.8. The van der Waals surface area contributed by atoms with Gasteiger partial charge in [0.1, 0.15) is 0 Å². The molecule has 0 aliphatic carbocycles. The van der Waals surface area contributed by atoms with Crippen LogP contribution in [0.25, 0.3) is 0 Å². The lowest BCUT2D eigenvalue weighted by molar-refractivity contribution is 0.0475. The minimum Gasteiger partial charge on any atom is -0.385 e. The zero-order chi connectivity index (χ0) is 12.2. The predicted octanol–water partition coefficient (Wildman–Crippen LogP) is 2.51. The number of benzene rings is 1. The quantitative estimate of drug-likeness (QED) is 0.749. The molecule has 0 aliphatic rings. The average molecular weight is 221 g/mol. The maximum atomic E-state index is 10.5. The van der Waals surface area contributed by atoms with Gasteiger partial charge in [0.05, 0.1) is 5.60 Å². The summed E-state index contributed by atoms with van der Waals surface area (Å²) in [6.07, 6.45) is 0.741. The SMILES string of the molecule is CCNCCC(C)(O)c1cc(C)ccc1C. The van der Waals surface area contributed by atoms with Crippen LogP contribution in [0.5, 0.6) is 0 Å². The van der Waals surface area contributed by atoms with E-state index in [4.69, 9.17) is 0 Å². The molecule has 1 aromatic rings. The molecule has 0 aromatic heterocycles. The number of rotatable bonds is 5. The van der Waals surface area contributed by atoms with E-state index >= 15 is 0 Å². The van der Waals surface area contributed by atoms with Gasteiger partial charge >= 0.3 is 0 Å². The van der Waals surface area contributed by atoms with Crippen molar-refractivity contribution in [2.75, 3.05) is 13.1 Å². The minimum atomic E-state index is -0.738. The van der Waals surface area contributed by atoms with Gasteiger partial charge in [-0.2, -0.15) is 0 Å². The summed E-state index contributed by atoms with van der Waals surface area (Å²) in [5, 5.41) is 13.7. The minimum absolute atomic E-state index is 0.738. The Kier molecular flexibility index (Phi) is 4.51. The van der Waals surface area contributed by atoms with Crippen LogP contribution in [0, 0.1) is 13.8 Å². The van der Waals surface area contributed by atoms with E-state index in [-0.39, 0.29) is 0 Å². The number of aryl methyl sites for hydroxylation is 2. The van der Waals surface area contributed by atoms with Crippen molar-refractivity contribution in [2.45, 2.75) is 39.7 Å². The molecule has 0 amide bonds. The Morgan fingerprint density at radius 3 is 2.62 bits per heavy atom. The highest BCUT2D eigenvalue weighted by molar-refractivity contribution is 5.34. The van der Waals surface area contributed by atoms with Crippen LogP contribution in [-0.2, 0) is 5.60 Å². The van der Waals surface area contributed by atoms with Crippen LogP contribution in [0.3, 0.4) is 0 Å². The van der Waals surface area contributed by atoms with Gasteiger partial charge in [-0.15, -0.1) is 0 Å². The Balaban J connectivity index is 2.83. The van der Waals surface area contributed by atoms with Crippen LogP contribution >= 0.6 is 0 Å². The summed E-state index contributed by atoms with van der Waals surface area (Å²) in [4.78, 5) is 0. The van der Waals surface area contributed by atoms with Crippen molar-refractivity contribution in [3.63, 3.8) is 0 Å². The summed E-state index contributed by atoms with van der Waals surface area (Å²) in [6, 6.07) is 6.24. The van der Waals surface area contributed by atoms with Crippen molar-refractivity contribution in [1.29, 1.82) is 0 Å². The van der Waals surface area contributed by atoms with E-state index in [1.54, 1.807) is 0 Å². The summed E-state index contributed by atoms with van der Waals surface area (Å²) in [7, 11) is 0. The third-order valence-electron chi connectivity index (χ3n) is 3.01. The summed E-state index contributed by atoms with van der Waals surface area (Å²) in [5.41, 5.74) is 2.67. The summed E-state index contributed by atoms with van der Waals surface area (Å²) < 4.78 is 0. The van der Waals surface area contributed by atoms with E-state index < -0.39 is 5.60 Å².